The second-order valence-electron chi connectivity index (χ2n) is 7.04. The van der Waals surface area contributed by atoms with Gasteiger partial charge in [-0.1, -0.05) is 11.6 Å². The highest BCUT2D eigenvalue weighted by Gasteiger charge is 2.36. The molecule has 28 heavy (non-hydrogen) atoms. The minimum atomic E-state index is -3.20. The fourth-order valence-electron chi connectivity index (χ4n) is 3.48. The molecular weight excluding hydrogens is 382 g/mol. The van der Waals surface area contributed by atoms with Crippen LogP contribution in [0.3, 0.4) is 0 Å². The van der Waals surface area contributed by atoms with Gasteiger partial charge in [0.05, 0.1) is 29.7 Å². The number of carbonyl (C=O) groups is 1. The lowest BCUT2D eigenvalue weighted by Gasteiger charge is -2.26. The summed E-state index contributed by atoms with van der Waals surface area (Å²) >= 11 is 0. The summed E-state index contributed by atoms with van der Waals surface area (Å²) in [6, 6.07) is 9.23. The van der Waals surface area contributed by atoms with E-state index in [0.717, 1.165) is 5.56 Å². The molecule has 0 radical (unpaired) electrons. The lowest BCUT2D eigenvalue weighted by molar-refractivity contribution is 0.0634. The number of nitrogens with zero attached hydrogens (tertiary/aromatic N) is 1. The monoisotopic (exact) mass is 401 g/mol. The molecule has 3 heterocycles. The Morgan fingerprint density at radius 2 is 2.07 bits per heavy atom. The zero-order valence-electron chi connectivity index (χ0n) is 15.3. The average molecular weight is 401 g/mol. The van der Waals surface area contributed by atoms with Crippen molar-refractivity contribution in [1.82, 2.24) is 4.90 Å². The standard InChI is InChI=1S/C20H19NO6S/c1-13-4-5-18-16(9-13)17(22)10-19(27-18)20(23)21(11-15-3-2-7-26-15)14-6-8-28(24,25)12-14/h2-5,7,9-10,14H,6,8,11-12H2,1H3. The smallest absolute Gasteiger partial charge is 0.290 e. The summed E-state index contributed by atoms with van der Waals surface area (Å²) < 4.78 is 34.9. The number of furan rings is 1. The third kappa shape index (κ3) is 3.60. The van der Waals surface area contributed by atoms with Gasteiger partial charge in [0.2, 0.25) is 0 Å². The molecule has 4 rings (SSSR count). The van der Waals surface area contributed by atoms with E-state index in [-0.39, 0.29) is 29.2 Å². The van der Waals surface area contributed by atoms with Crippen LogP contribution in [0.25, 0.3) is 11.0 Å². The van der Waals surface area contributed by atoms with Crippen LogP contribution in [0, 0.1) is 6.92 Å². The van der Waals surface area contributed by atoms with Gasteiger partial charge in [-0.25, -0.2) is 8.42 Å². The van der Waals surface area contributed by atoms with Crippen molar-refractivity contribution >= 4 is 26.7 Å². The Labute approximate surface area is 161 Å². The van der Waals surface area contributed by atoms with E-state index in [0.29, 0.717) is 23.2 Å². The molecule has 1 fully saturated rings. The number of carbonyl (C=O) groups excluding carboxylic acids is 1. The Bertz CT molecular complexity index is 1190. The molecule has 0 N–H and O–H groups in total. The van der Waals surface area contributed by atoms with Gasteiger partial charge in [0.25, 0.3) is 5.91 Å². The first kappa shape index (κ1) is 18.5. The fraction of sp³-hybridized carbons (Fsp3) is 0.300. The van der Waals surface area contributed by atoms with Gasteiger partial charge in [0, 0.05) is 12.1 Å². The van der Waals surface area contributed by atoms with Gasteiger partial charge in [-0.2, -0.15) is 0 Å². The first-order valence-corrected chi connectivity index (χ1v) is 10.7. The first-order valence-electron chi connectivity index (χ1n) is 8.91. The summed E-state index contributed by atoms with van der Waals surface area (Å²) in [6.45, 7) is 1.96. The molecule has 1 aliphatic heterocycles. The number of rotatable bonds is 4. The lowest BCUT2D eigenvalue weighted by atomic mass is 10.1. The molecule has 8 heteroatoms. The van der Waals surface area contributed by atoms with E-state index in [1.54, 1.807) is 30.3 Å². The maximum absolute atomic E-state index is 13.2. The van der Waals surface area contributed by atoms with Gasteiger partial charge >= 0.3 is 0 Å². The van der Waals surface area contributed by atoms with Crippen LogP contribution in [-0.2, 0) is 16.4 Å². The van der Waals surface area contributed by atoms with E-state index in [1.807, 2.05) is 6.92 Å². The maximum Gasteiger partial charge on any atom is 0.290 e. The van der Waals surface area contributed by atoms with Gasteiger partial charge in [0.15, 0.2) is 21.0 Å². The molecule has 3 aromatic rings. The molecule has 2 aromatic heterocycles. The third-order valence-electron chi connectivity index (χ3n) is 4.91. The number of hydrogen-bond acceptors (Lipinski definition) is 6. The number of benzene rings is 1. The molecular formula is C20H19NO6S. The average Bonchev–Trinajstić information content (AvgIpc) is 3.28. The molecule has 0 spiro atoms. The molecule has 1 aromatic carbocycles. The number of fused-ring (bicyclic) bond motifs is 1. The zero-order valence-corrected chi connectivity index (χ0v) is 16.1. The molecule has 7 nitrogen and oxygen atoms in total. The largest absolute Gasteiger partial charge is 0.467 e. The maximum atomic E-state index is 13.2. The van der Waals surface area contributed by atoms with Crippen molar-refractivity contribution in [3.05, 3.63) is 70.0 Å². The second kappa shape index (κ2) is 6.94. The van der Waals surface area contributed by atoms with Crippen LogP contribution >= 0.6 is 0 Å². The Morgan fingerprint density at radius 3 is 2.75 bits per heavy atom. The van der Waals surface area contributed by atoms with E-state index in [4.69, 9.17) is 8.83 Å². The Balaban J connectivity index is 1.73. The predicted octanol–water partition coefficient (Wildman–Crippen LogP) is 2.52. The molecule has 1 aliphatic rings. The van der Waals surface area contributed by atoms with Crippen molar-refractivity contribution in [3.63, 3.8) is 0 Å². The normalized spacial score (nSPS) is 18.4. The SMILES string of the molecule is Cc1ccc2oc(C(=O)N(Cc3ccco3)C3CCS(=O)(=O)C3)cc(=O)c2c1. The van der Waals surface area contributed by atoms with Crippen molar-refractivity contribution in [3.8, 4) is 0 Å². The van der Waals surface area contributed by atoms with Crippen molar-refractivity contribution in [2.24, 2.45) is 0 Å². The van der Waals surface area contributed by atoms with Gasteiger partial charge in [-0.15, -0.1) is 0 Å². The summed E-state index contributed by atoms with van der Waals surface area (Å²) in [6.07, 6.45) is 1.83. The number of aryl methyl sites for hydroxylation is 1. The van der Waals surface area contributed by atoms with Gasteiger partial charge < -0.3 is 13.7 Å². The van der Waals surface area contributed by atoms with Gasteiger partial charge in [-0.05, 0) is 37.6 Å². The highest BCUT2D eigenvalue weighted by atomic mass is 32.2. The number of sulfone groups is 1. The summed E-state index contributed by atoms with van der Waals surface area (Å²) in [7, 11) is -3.20. The van der Waals surface area contributed by atoms with E-state index in [1.165, 1.54) is 17.2 Å². The van der Waals surface area contributed by atoms with Crippen molar-refractivity contribution in [1.29, 1.82) is 0 Å². The fourth-order valence-corrected chi connectivity index (χ4v) is 5.21. The molecule has 1 unspecified atom stereocenters. The predicted molar refractivity (Wildman–Crippen MR) is 103 cm³/mol. The van der Waals surface area contributed by atoms with Gasteiger partial charge in [-0.3, -0.25) is 9.59 Å². The Morgan fingerprint density at radius 1 is 1.25 bits per heavy atom. The summed E-state index contributed by atoms with van der Waals surface area (Å²) in [5, 5.41) is 0.401. The number of hydrogen-bond donors (Lipinski definition) is 0. The third-order valence-corrected chi connectivity index (χ3v) is 6.66. The minimum Gasteiger partial charge on any atom is -0.467 e. The summed E-state index contributed by atoms with van der Waals surface area (Å²) in [5.41, 5.74) is 0.915. The van der Waals surface area contributed by atoms with Crippen LogP contribution in [0.1, 0.15) is 28.3 Å². The van der Waals surface area contributed by atoms with E-state index in [9.17, 15) is 18.0 Å². The molecule has 1 saturated heterocycles. The van der Waals surface area contributed by atoms with Crippen LogP contribution in [0.2, 0.25) is 0 Å². The minimum absolute atomic E-state index is 0.0283. The summed E-state index contributed by atoms with van der Waals surface area (Å²) in [5.74, 6) is -0.205. The molecule has 1 amide bonds. The van der Waals surface area contributed by atoms with Crippen LogP contribution in [0.4, 0.5) is 0 Å². The first-order chi connectivity index (χ1) is 13.3. The quantitative estimate of drug-likeness (QED) is 0.666. The van der Waals surface area contributed by atoms with Crippen LogP contribution in [0.5, 0.6) is 0 Å². The Kier molecular flexibility index (Phi) is 4.58. The van der Waals surface area contributed by atoms with E-state index >= 15 is 0 Å². The molecule has 0 saturated carbocycles. The highest BCUT2D eigenvalue weighted by molar-refractivity contribution is 7.91. The Hall–Kier alpha value is -2.87. The summed E-state index contributed by atoms with van der Waals surface area (Å²) in [4.78, 5) is 27.1. The van der Waals surface area contributed by atoms with Crippen LogP contribution in [0.15, 0.2) is 56.3 Å². The zero-order chi connectivity index (χ0) is 19.9. The van der Waals surface area contributed by atoms with E-state index < -0.39 is 21.8 Å². The van der Waals surface area contributed by atoms with Crippen molar-refractivity contribution in [2.75, 3.05) is 11.5 Å². The topological polar surface area (TPSA) is 97.8 Å². The molecule has 0 bridgehead atoms. The van der Waals surface area contributed by atoms with Crippen LogP contribution < -0.4 is 5.43 Å². The highest BCUT2D eigenvalue weighted by Crippen LogP contribution is 2.23. The van der Waals surface area contributed by atoms with Gasteiger partial charge in [0.1, 0.15) is 11.3 Å². The van der Waals surface area contributed by atoms with Crippen molar-refractivity contribution < 1.29 is 22.0 Å². The lowest BCUT2D eigenvalue weighted by Crippen LogP contribution is -2.40. The van der Waals surface area contributed by atoms with Crippen LogP contribution in [-0.4, -0.2) is 36.8 Å². The number of amides is 1. The van der Waals surface area contributed by atoms with E-state index in [2.05, 4.69) is 0 Å². The molecule has 1 atom stereocenters. The molecule has 0 aliphatic carbocycles. The second-order valence-corrected chi connectivity index (χ2v) is 9.27. The molecule has 146 valence electrons. The van der Waals surface area contributed by atoms with Crippen molar-refractivity contribution in [2.45, 2.75) is 25.9 Å².